The highest BCUT2D eigenvalue weighted by Crippen LogP contribution is 2.22. The summed E-state index contributed by atoms with van der Waals surface area (Å²) in [5, 5.41) is 10.3. The van der Waals surface area contributed by atoms with E-state index >= 15 is 0 Å². The fraction of sp³-hybridized carbons (Fsp3) is 0.417. The fourth-order valence-corrected chi connectivity index (χ4v) is 2.87. The molecule has 1 aromatic heterocycles. The summed E-state index contributed by atoms with van der Waals surface area (Å²) in [6, 6.07) is -0.847. The van der Waals surface area contributed by atoms with Crippen LogP contribution in [0.3, 0.4) is 0 Å². The van der Waals surface area contributed by atoms with Gasteiger partial charge in [0.25, 0.3) is 5.91 Å². The van der Waals surface area contributed by atoms with E-state index < -0.39 is 23.4 Å². The molecule has 1 aliphatic heterocycles. The monoisotopic (exact) mass is 393 g/mol. The third-order valence-corrected chi connectivity index (χ3v) is 4.60. The molecular weight excluding hydrogens is 381 g/mol. The smallest absolute Gasteiger partial charge is 0.276 e. The molecule has 3 amide bonds. The number of carbonyl (C=O) groups is 3. The molecule has 0 bridgehead atoms. The SMILES string of the molecule is CON=C(C(=O)N[C@@H]1C(=O)N(C)[C@@H]1Cl)c1csc(NC(=O)CCl)n1. The molecule has 0 aromatic carbocycles. The molecule has 0 aliphatic carbocycles. The van der Waals surface area contributed by atoms with Gasteiger partial charge in [0.1, 0.15) is 30.2 Å². The highest BCUT2D eigenvalue weighted by Gasteiger charge is 2.45. The van der Waals surface area contributed by atoms with Crippen molar-refractivity contribution in [1.82, 2.24) is 15.2 Å². The van der Waals surface area contributed by atoms with Gasteiger partial charge in [0.05, 0.1) is 0 Å². The normalized spacial score (nSPS) is 20.4. The maximum atomic E-state index is 12.3. The van der Waals surface area contributed by atoms with Crippen LogP contribution in [-0.4, -0.2) is 64.9 Å². The lowest BCUT2D eigenvalue weighted by Crippen LogP contribution is -2.67. The standard InChI is InChI=1S/C12H13Cl2N5O4S/c1-19-9(14)8(11(19)22)17-10(21)7(18-23-2)5-4-24-12(15-5)16-6(20)3-13/h4,8-9H,3H2,1-2H3,(H,17,21)(H,15,16,20)/t8-,9-/m0/s1. The summed E-state index contributed by atoms with van der Waals surface area (Å²) < 4.78 is 0. The minimum Gasteiger partial charge on any atom is -0.398 e. The van der Waals surface area contributed by atoms with Crippen molar-refractivity contribution in [2.75, 3.05) is 25.4 Å². The summed E-state index contributed by atoms with van der Waals surface area (Å²) in [7, 11) is 2.79. The number of aromatic nitrogens is 1. The van der Waals surface area contributed by atoms with Crippen molar-refractivity contribution < 1.29 is 19.2 Å². The topological polar surface area (TPSA) is 113 Å². The van der Waals surface area contributed by atoms with Gasteiger partial charge in [-0.25, -0.2) is 4.98 Å². The number of nitrogens with one attached hydrogen (secondary N) is 2. The summed E-state index contributed by atoms with van der Waals surface area (Å²) in [5.74, 6) is -1.63. The predicted octanol–water partition coefficient (Wildman–Crippen LogP) is 0.193. The van der Waals surface area contributed by atoms with E-state index in [1.54, 1.807) is 0 Å². The first kappa shape index (κ1) is 18.4. The number of likely N-dealkylation sites (N-methyl/N-ethyl adjacent to an activating group) is 1. The van der Waals surface area contributed by atoms with Crippen LogP contribution in [0.4, 0.5) is 5.13 Å². The van der Waals surface area contributed by atoms with Crippen LogP contribution in [0.2, 0.25) is 0 Å². The first-order valence-electron chi connectivity index (χ1n) is 6.53. The average molecular weight is 394 g/mol. The molecule has 1 fully saturated rings. The quantitative estimate of drug-likeness (QED) is 0.235. The van der Waals surface area contributed by atoms with Crippen LogP contribution in [0.5, 0.6) is 0 Å². The Bertz CT molecular complexity index is 695. The van der Waals surface area contributed by atoms with E-state index in [1.165, 1.54) is 24.4 Å². The molecule has 2 N–H and O–H groups in total. The maximum Gasteiger partial charge on any atom is 0.276 e. The number of hydrogen-bond acceptors (Lipinski definition) is 7. The van der Waals surface area contributed by atoms with E-state index in [2.05, 4.69) is 25.6 Å². The molecule has 0 spiro atoms. The maximum absolute atomic E-state index is 12.3. The van der Waals surface area contributed by atoms with E-state index in [0.29, 0.717) is 0 Å². The molecule has 1 saturated heterocycles. The highest BCUT2D eigenvalue weighted by atomic mass is 35.5. The third kappa shape index (κ3) is 3.77. The number of anilines is 1. The number of carbonyl (C=O) groups excluding carboxylic acids is 3. The lowest BCUT2D eigenvalue weighted by atomic mass is 10.1. The van der Waals surface area contributed by atoms with Crippen LogP contribution in [0.15, 0.2) is 10.5 Å². The molecule has 0 saturated carbocycles. The number of nitrogens with zero attached hydrogens (tertiary/aromatic N) is 3. The second-order valence-electron chi connectivity index (χ2n) is 4.62. The second-order valence-corrected chi connectivity index (χ2v) is 6.19. The van der Waals surface area contributed by atoms with Gasteiger partial charge in [-0.2, -0.15) is 0 Å². The van der Waals surface area contributed by atoms with E-state index in [-0.39, 0.29) is 28.3 Å². The fourth-order valence-electron chi connectivity index (χ4n) is 1.83. The zero-order chi connectivity index (χ0) is 17.9. The Kier molecular flexibility index (Phi) is 5.97. The first-order chi connectivity index (χ1) is 11.4. The highest BCUT2D eigenvalue weighted by molar-refractivity contribution is 7.14. The molecule has 130 valence electrons. The lowest BCUT2D eigenvalue weighted by Gasteiger charge is -2.40. The third-order valence-electron chi connectivity index (χ3n) is 3.06. The molecular formula is C12H13Cl2N5O4S. The number of amides is 3. The van der Waals surface area contributed by atoms with E-state index in [0.717, 1.165) is 11.3 Å². The number of β-lactam (4-membered cyclic amide) rings is 1. The largest absolute Gasteiger partial charge is 0.398 e. The van der Waals surface area contributed by atoms with Crippen LogP contribution < -0.4 is 10.6 Å². The van der Waals surface area contributed by atoms with E-state index in [1.807, 2.05) is 0 Å². The molecule has 0 unspecified atom stereocenters. The van der Waals surface area contributed by atoms with Gasteiger partial charge in [0.15, 0.2) is 10.8 Å². The molecule has 12 heteroatoms. The average Bonchev–Trinajstić information content (AvgIpc) is 3.03. The number of oxime groups is 1. The van der Waals surface area contributed by atoms with Gasteiger partial charge >= 0.3 is 0 Å². The Morgan fingerprint density at radius 3 is 2.83 bits per heavy atom. The Morgan fingerprint density at radius 2 is 2.25 bits per heavy atom. The van der Waals surface area contributed by atoms with Gasteiger partial charge in [0.2, 0.25) is 11.8 Å². The number of halogens is 2. The van der Waals surface area contributed by atoms with Crippen molar-refractivity contribution in [2.45, 2.75) is 11.5 Å². The van der Waals surface area contributed by atoms with Crippen molar-refractivity contribution in [1.29, 1.82) is 0 Å². The van der Waals surface area contributed by atoms with E-state index in [4.69, 9.17) is 23.2 Å². The number of rotatable bonds is 6. The number of thiazole rings is 1. The van der Waals surface area contributed by atoms with Gasteiger partial charge in [0, 0.05) is 12.4 Å². The predicted molar refractivity (Wildman–Crippen MR) is 89.4 cm³/mol. The zero-order valence-electron chi connectivity index (χ0n) is 12.6. The van der Waals surface area contributed by atoms with Crippen molar-refractivity contribution in [3.8, 4) is 0 Å². The van der Waals surface area contributed by atoms with E-state index in [9.17, 15) is 14.4 Å². The minimum absolute atomic E-state index is 0.147. The number of hydrogen-bond donors (Lipinski definition) is 2. The van der Waals surface area contributed by atoms with Crippen LogP contribution in [-0.2, 0) is 19.2 Å². The van der Waals surface area contributed by atoms with Crippen LogP contribution >= 0.6 is 34.5 Å². The second kappa shape index (κ2) is 7.77. The Balaban J connectivity index is 2.12. The van der Waals surface area contributed by atoms with Crippen molar-refractivity contribution in [3.63, 3.8) is 0 Å². The van der Waals surface area contributed by atoms with Crippen molar-refractivity contribution in [3.05, 3.63) is 11.1 Å². The molecule has 1 aliphatic rings. The van der Waals surface area contributed by atoms with Crippen LogP contribution in [0.1, 0.15) is 5.69 Å². The van der Waals surface area contributed by atoms with Crippen LogP contribution in [0, 0.1) is 0 Å². The Labute approximate surface area is 150 Å². The van der Waals surface area contributed by atoms with Crippen LogP contribution in [0.25, 0.3) is 0 Å². The Hall–Kier alpha value is -1.91. The summed E-state index contributed by atoms with van der Waals surface area (Å²) in [5.41, 5.74) is -0.610. The molecule has 2 heterocycles. The summed E-state index contributed by atoms with van der Waals surface area (Å²) >= 11 is 12.4. The Morgan fingerprint density at radius 1 is 1.54 bits per heavy atom. The number of likely N-dealkylation sites (tertiary alicyclic amines) is 1. The lowest BCUT2D eigenvalue weighted by molar-refractivity contribution is -0.146. The number of alkyl halides is 2. The van der Waals surface area contributed by atoms with Gasteiger partial charge in [-0.15, -0.1) is 22.9 Å². The molecule has 24 heavy (non-hydrogen) atoms. The van der Waals surface area contributed by atoms with Gasteiger partial charge in [-0.3, -0.25) is 14.4 Å². The summed E-state index contributed by atoms with van der Waals surface area (Å²) in [6.45, 7) is 0. The molecule has 2 atom stereocenters. The van der Waals surface area contributed by atoms with Gasteiger partial charge < -0.3 is 20.4 Å². The molecule has 2 rings (SSSR count). The minimum atomic E-state index is -0.847. The zero-order valence-corrected chi connectivity index (χ0v) is 14.9. The molecule has 9 nitrogen and oxygen atoms in total. The van der Waals surface area contributed by atoms with Gasteiger partial charge in [-0.05, 0) is 0 Å². The van der Waals surface area contributed by atoms with Gasteiger partial charge in [-0.1, -0.05) is 16.8 Å². The van der Waals surface area contributed by atoms with Crippen molar-refractivity contribution in [2.24, 2.45) is 5.16 Å². The molecule has 1 aromatic rings. The van der Waals surface area contributed by atoms with Crippen molar-refractivity contribution >= 4 is 63.1 Å². The summed E-state index contributed by atoms with van der Waals surface area (Å²) in [4.78, 5) is 45.3. The first-order valence-corrected chi connectivity index (χ1v) is 8.38. The summed E-state index contributed by atoms with van der Waals surface area (Å²) in [6.07, 6.45) is 0. The molecule has 0 radical (unpaired) electrons.